The number of halogens is 1. The average molecular weight is 276 g/mol. The van der Waals surface area contributed by atoms with Crippen molar-refractivity contribution in [2.24, 2.45) is 0 Å². The van der Waals surface area contributed by atoms with Crippen LogP contribution < -0.4 is 10.5 Å². The quantitative estimate of drug-likeness (QED) is 0.876. The molecule has 0 spiro atoms. The van der Waals surface area contributed by atoms with E-state index < -0.39 is 0 Å². The number of hydrogen-bond donors (Lipinski definition) is 1. The van der Waals surface area contributed by atoms with Gasteiger partial charge in [0.25, 0.3) is 0 Å². The molecule has 2 heterocycles. The molecule has 0 radical (unpaired) electrons. The van der Waals surface area contributed by atoms with Crippen molar-refractivity contribution >= 4 is 17.4 Å². The van der Waals surface area contributed by atoms with E-state index in [0.29, 0.717) is 5.69 Å². The van der Waals surface area contributed by atoms with Gasteiger partial charge < -0.3 is 10.5 Å². The molecule has 1 atom stereocenters. The molecule has 19 heavy (non-hydrogen) atoms. The number of rotatable bonds is 3. The molecule has 2 N–H and O–H groups in total. The smallest absolute Gasteiger partial charge is 0.123 e. The summed E-state index contributed by atoms with van der Waals surface area (Å²) in [5.74, 6) is 1.36. The second kappa shape index (κ2) is 5.09. The summed E-state index contributed by atoms with van der Waals surface area (Å²) in [6, 6.07) is 8.38. The fraction of sp³-hybridized carbons (Fsp3) is 0.214. The number of anilines is 1. The summed E-state index contributed by atoms with van der Waals surface area (Å²) in [7, 11) is 0. The minimum absolute atomic E-state index is 0.0705. The molecule has 1 aromatic carbocycles. The highest BCUT2D eigenvalue weighted by molar-refractivity contribution is 7.99. The third-order valence-corrected chi connectivity index (χ3v) is 4.02. The van der Waals surface area contributed by atoms with Crippen molar-refractivity contribution in [2.75, 3.05) is 11.5 Å². The Balaban J connectivity index is 1.60. The topological polar surface area (TPSA) is 48.1 Å². The van der Waals surface area contributed by atoms with E-state index in [1.54, 1.807) is 30.1 Å². The fourth-order valence-electron chi connectivity index (χ4n) is 2.04. The zero-order chi connectivity index (χ0) is 13.2. The van der Waals surface area contributed by atoms with E-state index in [4.69, 9.17) is 10.5 Å². The van der Waals surface area contributed by atoms with Gasteiger partial charge in [-0.3, -0.25) is 0 Å². The van der Waals surface area contributed by atoms with Gasteiger partial charge in [-0.1, -0.05) is 0 Å². The number of benzene rings is 1. The van der Waals surface area contributed by atoms with Crippen LogP contribution in [0.15, 0.2) is 41.6 Å². The predicted octanol–water partition coefficient (Wildman–Crippen LogP) is 2.90. The molecule has 0 fully saturated rings. The van der Waals surface area contributed by atoms with Crippen LogP contribution in [0.3, 0.4) is 0 Å². The molecule has 3 nitrogen and oxygen atoms in total. The highest BCUT2D eigenvalue weighted by Crippen LogP contribution is 2.31. The van der Waals surface area contributed by atoms with Gasteiger partial charge >= 0.3 is 0 Å². The van der Waals surface area contributed by atoms with Gasteiger partial charge in [0, 0.05) is 17.7 Å². The lowest BCUT2D eigenvalue weighted by molar-refractivity contribution is 0.259. The second-order valence-corrected chi connectivity index (χ2v) is 5.48. The largest absolute Gasteiger partial charge is 0.489 e. The summed E-state index contributed by atoms with van der Waals surface area (Å²) in [5.41, 5.74) is 7.18. The van der Waals surface area contributed by atoms with Crippen LogP contribution in [0.1, 0.15) is 5.56 Å². The zero-order valence-electron chi connectivity index (χ0n) is 10.2. The lowest BCUT2D eigenvalue weighted by Crippen LogP contribution is -2.15. The maximum absolute atomic E-state index is 13.1. The summed E-state index contributed by atoms with van der Waals surface area (Å²) in [4.78, 5) is 4.22. The standard InChI is InChI=1S/C14H13FN2OS/c15-10-1-3-13-9(5-10)6-12(18-13)8-19-14-4-2-11(16)7-17-14/h1-5,7,12H,6,8,16H2. The Kier molecular flexibility index (Phi) is 3.29. The van der Waals surface area contributed by atoms with E-state index in [-0.39, 0.29) is 11.9 Å². The number of ether oxygens (including phenoxy) is 1. The Bertz CT molecular complexity index is 588. The summed E-state index contributed by atoms with van der Waals surface area (Å²) in [6.07, 6.45) is 2.46. The summed E-state index contributed by atoms with van der Waals surface area (Å²) >= 11 is 1.62. The van der Waals surface area contributed by atoms with Crippen molar-refractivity contribution in [1.29, 1.82) is 0 Å². The lowest BCUT2D eigenvalue weighted by Gasteiger charge is -2.09. The third-order valence-electron chi connectivity index (χ3n) is 2.94. The van der Waals surface area contributed by atoms with E-state index >= 15 is 0 Å². The van der Waals surface area contributed by atoms with Gasteiger partial charge in [0.1, 0.15) is 17.7 Å². The van der Waals surface area contributed by atoms with E-state index in [1.807, 2.05) is 12.1 Å². The molecular formula is C14H13FN2OS. The molecule has 0 saturated heterocycles. The van der Waals surface area contributed by atoms with Gasteiger partial charge in [-0.2, -0.15) is 0 Å². The van der Waals surface area contributed by atoms with Gasteiger partial charge in [0.2, 0.25) is 0 Å². The molecule has 3 rings (SSSR count). The van der Waals surface area contributed by atoms with E-state index in [1.165, 1.54) is 6.07 Å². The number of nitrogens with two attached hydrogens (primary N) is 1. The van der Waals surface area contributed by atoms with Gasteiger partial charge in [0.05, 0.1) is 16.9 Å². The van der Waals surface area contributed by atoms with Gasteiger partial charge in [-0.15, -0.1) is 11.8 Å². The van der Waals surface area contributed by atoms with Crippen LogP contribution in [-0.4, -0.2) is 16.8 Å². The Labute approximate surface area is 115 Å². The van der Waals surface area contributed by atoms with Crippen LogP contribution in [0, 0.1) is 5.82 Å². The van der Waals surface area contributed by atoms with Crippen LogP contribution in [0.25, 0.3) is 0 Å². The monoisotopic (exact) mass is 276 g/mol. The maximum Gasteiger partial charge on any atom is 0.123 e. The zero-order valence-corrected chi connectivity index (χ0v) is 11.0. The minimum Gasteiger partial charge on any atom is -0.489 e. The second-order valence-electron chi connectivity index (χ2n) is 4.44. The molecule has 0 amide bonds. The molecule has 0 saturated carbocycles. The number of thioether (sulfide) groups is 1. The Morgan fingerprint density at radius 3 is 3.05 bits per heavy atom. The number of aromatic nitrogens is 1. The molecular weight excluding hydrogens is 263 g/mol. The summed E-state index contributed by atoms with van der Waals surface area (Å²) in [5, 5.41) is 0.917. The van der Waals surface area contributed by atoms with Crippen molar-refractivity contribution in [3.8, 4) is 5.75 Å². The first-order valence-corrected chi connectivity index (χ1v) is 6.99. The minimum atomic E-state index is -0.212. The number of nitrogens with zero attached hydrogens (tertiary/aromatic N) is 1. The predicted molar refractivity (Wildman–Crippen MR) is 73.9 cm³/mol. The Morgan fingerprint density at radius 2 is 2.26 bits per heavy atom. The summed E-state index contributed by atoms with van der Waals surface area (Å²) < 4.78 is 18.9. The number of pyridine rings is 1. The van der Waals surface area contributed by atoms with Crippen LogP contribution in [0.5, 0.6) is 5.75 Å². The van der Waals surface area contributed by atoms with Crippen LogP contribution in [0.4, 0.5) is 10.1 Å². The van der Waals surface area contributed by atoms with Crippen LogP contribution >= 0.6 is 11.8 Å². The Hall–Kier alpha value is -1.75. The molecule has 1 aliphatic rings. The highest BCUT2D eigenvalue weighted by Gasteiger charge is 2.23. The molecule has 1 aliphatic heterocycles. The van der Waals surface area contributed by atoms with Crippen molar-refractivity contribution in [1.82, 2.24) is 4.98 Å². The van der Waals surface area contributed by atoms with Crippen molar-refractivity contribution in [3.05, 3.63) is 47.9 Å². The van der Waals surface area contributed by atoms with Crippen LogP contribution in [-0.2, 0) is 6.42 Å². The molecule has 2 aromatic rings. The molecule has 1 aromatic heterocycles. The normalized spacial score (nSPS) is 17.0. The average Bonchev–Trinajstić information content (AvgIpc) is 2.80. The molecule has 1 unspecified atom stereocenters. The van der Waals surface area contributed by atoms with Crippen molar-refractivity contribution in [3.63, 3.8) is 0 Å². The molecule has 0 bridgehead atoms. The molecule has 0 aliphatic carbocycles. The molecule has 98 valence electrons. The van der Waals surface area contributed by atoms with Crippen molar-refractivity contribution in [2.45, 2.75) is 17.6 Å². The first-order chi connectivity index (χ1) is 9.20. The number of nitrogen functional groups attached to an aromatic ring is 1. The third kappa shape index (κ3) is 2.81. The molecule has 5 heteroatoms. The maximum atomic E-state index is 13.1. The fourth-order valence-corrected chi connectivity index (χ4v) is 2.87. The van der Waals surface area contributed by atoms with E-state index in [9.17, 15) is 4.39 Å². The van der Waals surface area contributed by atoms with E-state index in [2.05, 4.69) is 4.98 Å². The van der Waals surface area contributed by atoms with E-state index in [0.717, 1.165) is 28.5 Å². The number of fused-ring (bicyclic) bond motifs is 1. The first-order valence-electron chi connectivity index (χ1n) is 6.00. The van der Waals surface area contributed by atoms with Crippen molar-refractivity contribution < 1.29 is 9.13 Å². The summed E-state index contributed by atoms with van der Waals surface area (Å²) in [6.45, 7) is 0. The van der Waals surface area contributed by atoms with Gasteiger partial charge in [-0.05, 0) is 30.3 Å². The van der Waals surface area contributed by atoms with Crippen LogP contribution in [0.2, 0.25) is 0 Å². The highest BCUT2D eigenvalue weighted by atomic mass is 32.2. The van der Waals surface area contributed by atoms with Gasteiger partial charge in [0.15, 0.2) is 0 Å². The van der Waals surface area contributed by atoms with Gasteiger partial charge in [-0.25, -0.2) is 9.37 Å². The Morgan fingerprint density at radius 1 is 1.37 bits per heavy atom. The lowest BCUT2D eigenvalue weighted by atomic mass is 10.1. The first kappa shape index (κ1) is 12.3. The number of hydrogen-bond acceptors (Lipinski definition) is 4. The SMILES string of the molecule is Nc1ccc(SCC2Cc3cc(F)ccc3O2)nc1.